The number of carbonyl (C=O) groups is 3. The minimum absolute atomic E-state index is 0.229. The molecule has 144 valence electrons. The van der Waals surface area contributed by atoms with Crippen LogP contribution in [0, 0.1) is 5.92 Å². The second-order valence-electron chi connectivity index (χ2n) is 6.69. The van der Waals surface area contributed by atoms with Crippen molar-refractivity contribution in [3.63, 3.8) is 0 Å². The summed E-state index contributed by atoms with van der Waals surface area (Å²) in [5.41, 5.74) is 0.433. The second-order valence-corrected chi connectivity index (χ2v) is 6.69. The van der Waals surface area contributed by atoms with Crippen molar-refractivity contribution in [2.75, 3.05) is 27.2 Å². The topological polar surface area (TPSA) is 90.5 Å². The Morgan fingerprint density at radius 3 is 2.74 bits per heavy atom. The molecule has 1 aromatic heterocycles. The highest BCUT2D eigenvalue weighted by atomic mass is 16.2. The first kappa shape index (κ1) is 18.8. The van der Waals surface area contributed by atoms with Gasteiger partial charge in [-0.1, -0.05) is 6.92 Å². The molecule has 1 aromatic rings. The van der Waals surface area contributed by atoms with Crippen molar-refractivity contribution in [2.45, 2.75) is 26.3 Å². The van der Waals surface area contributed by atoms with Crippen LogP contribution in [-0.2, 0) is 16.1 Å². The zero-order chi connectivity index (χ0) is 19.6. The molecule has 0 aromatic carbocycles. The van der Waals surface area contributed by atoms with Crippen LogP contribution in [0.5, 0.6) is 0 Å². The number of imide groups is 1. The lowest BCUT2D eigenvalue weighted by Crippen LogP contribution is -2.57. The summed E-state index contributed by atoms with van der Waals surface area (Å²) >= 11 is 0. The van der Waals surface area contributed by atoms with Crippen molar-refractivity contribution >= 4 is 23.7 Å². The molecule has 0 saturated carbocycles. The zero-order valence-corrected chi connectivity index (χ0v) is 15.9. The molecular formula is C18H25N6O3+. The van der Waals surface area contributed by atoms with Gasteiger partial charge in [0, 0.05) is 32.5 Å². The first-order valence-electron chi connectivity index (χ1n) is 9.11. The van der Waals surface area contributed by atoms with Gasteiger partial charge in [0.25, 0.3) is 17.6 Å². The first-order chi connectivity index (χ1) is 13.0. The Morgan fingerprint density at radius 1 is 1.30 bits per heavy atom. The quantitative estimate of drug-likeness (QED) is 0.548. The monoisotopic (exact) mass is 373 g/mol. The summed E-state index contributed by atoms with van der Waals surface area (Å²) in [4.78, 5) is 44.1. The number of carbonyl (C=O) groups excluding carboxylic acids is 3. The van der Waals surface area contributed by atoms with Gasteiger partial charge in [-0.15, -0.1) is 0 Å². The molecule has 1 atom stereocenters. The van der Waals surface area contributed by atoms with E-state index in [9.17, 15) is 14.4 Å². The fourth-order valence-corrected chi connectivity index (χ4v) is 3.44. The molecule has 0 bridgehead atoms. The van der Waals surface area contributed by atoms with Gasteiger partial charge < -0.3 is 9.88 Å². The van der Waals surface area contributed by atoms with Crippen molar-refractivity contribution in [3.05, 3.63) is 30.5 Å². The predicted molar refractivity (Wildman–Crippen MR) is 97.8 cm³/mol. The first-order valence-corrected chi connectivity index (χ1v) is 9.11. The third-order valence-corrected chi connectivity index (χ3v) is 4.80. The van der Waals surface area contributed by atoms with Crippen LogP contribution < -0.4 is 5.32 Å². The van der Waals surface area contributed by atoms with Crippen molar-refractivity contribution in [3.8, 4) is 0 Å². The standard InChI is InChI=1S/C18H24N6O3/c1-4-8-24-14(15(25)20-6-5-9-23-10-7-19-12-23)11-13-16(24)21(2)18(27)22(3)17(13)26/h7,10-13H,4-6,8-9H2,1-3H3/p+1. The maximum atomic E-state index is 12.7. The number of fused-ring (bicyclic) bond motifs is 1. The molecule has 1 fully saturated rings. The highest BCUT2D eigenvalue weighted by molar-refractivity contribution is 6.19. The summed E-state index contributed by atoms with van der Waals surface area (Å²) in [6, 6.07) is -0.386. The van der Waals surface area contributed by atoms with Crippen molar-refractivity contribution in [1.29, 1.82) is 0 Å². The number of amides is 4. The molecule has 2 aliphatic rings. The number of nitrogens with zero attached hydrogens (tertiary/aromatic N) is 5. The fourth-order valence-electron chi connectivity index (χ4n) is 3.44. The summed E-state index contributed by atoms with van der Waals surface area (Å²) in [6.07, 6.45) is 8.55. The number of aryl methyl sites for hydroxylation is 1. The van der Waals surface area contributed by atoms with Crippen molar-refractivity contribution < 1.29 is 19.0 Å². The summed E-state index contributed by atoms with van der Waals surface area (Å²) in [5, 5.41) is 2.91. The number of imidazole rings is 1. The smallest absolute Gasteiger partial charge is 0.349 e. The van der Waals surface area contributed by atoms with Gasteiger partial charge in [0.15, 0.2) is 11.6 Å². The second kappa shape index (κ2) is 7.73. The maximum Gasteiger partial charge on any atom is 0.417 e. The van der Waals surface area contributed by atoms with Crippen molar-refractivity contribution in [2.24, 2.45) is 5.92 Å². The molecule has 4 amide bonds. The Bertz CT molecular complexity index is 811. The zero-order valence-electron chi connectivity index (χ0n) is 15.9. The highest BCUT2D eigenvalue weighted by Crippen LogP contribution is 2.26. The van der Waals surface area contributed by atoms with Crippen LogP contribution in [0.1, 0.15) is 19.8 Å². The van der Waals surface area contributed by atoms with E-state index in [2.05, 4.69) is 10.3 Å². The third kappa shape index (κ3) is 3.49. The van der Waals surface area contributed by atoms with Gasteiger partial charge in [-0.05, 0) is 18.9 Å². The Kier molecular flexibility index (Phi) is 5.38. The number of hydrogen-bond acceptors (Lipinski definition) is 4. The molecule has 1 unspecified atom stereocenters. The van der Waals surface area contributed by atoms with Crippen LogP contribution in [0.4, 0.5) is 4.79 Å². The Balaban J connectivity index is 1.73. The van der Waals surface area contributed by atoms with Gasteiger partial charge in [0.1, 0.15) is 0 Å². The lowest BCUT2D eigenvalue weighted by Gasteiger charge is -2.27. The van der Waals surface area contributed by atoms with Crippen LogP contribution in [0.3, 0.4) is 0 Å². The van der Waals surface area contributed by atoms with Crippen LogP contribution in [0.2, 0.25) is 0 Å². The molecule has 0 aliphatic carbocycles. The molecular weight excluding hydrogens is 348 g/mol. The molecule has 0 radical (unpaired) electrons. The maximum absolute atomic E-state index is 12.7. The molecule has 27 heavy (non-hydrogen) atoms. The van der Waals surface area contributed by atoms with Gasteiger partial charge in [-0.25, -0.2) is 19.3 Å². The Hall–Kier alpha value is -2.97. The molecule has 0 spiro atoms. The predicted octanol–water partition coefficient (Wildman–Crippen LogP) is 0.248. The van der Waals surface area contributed by atoms with E-state index < -0.39 is 5.92 Å². The van der Waals surface area contributed by atoms with E-state index in [1.54, 1.807) is 30.2 Å². The Morgan fingerprint density at radius 2 is 2.07 bits per heavy atom. The largest absolute Gasteiger partial charge is 0.417 e. The van der Waals surface area contributed by atoms with Gasteiger partial charge in [-0.2, -0.15) is 4.90 Å². The molecule has 9 nitrogen and oxygen atoms in total. The van der Waals surface area contributed by atoms with Gasteiger partial charge in [0.05, 0.1) is 19.9 Å². The molecule has 2 aliphatic heterocycles. The van der Waals surface area contributed by atoms with E-state index in [1.165, 1.54) is 11.9 Å². The number of hydrogen-bond donors (Lipinski definition) is 1. The third-order valence-electron chi connectivity index (χ3n) is 4.80. The average Bonchev–Trinajstić information content (AvgIpc) is 3.30. The summed E-state index contributed by atoms with van der Waals surface area (Å²) in [7, 11) is 3.10. The summed E-state index contributed by atoms with van der Waals surface area (Å²) in [5.74, 6) is -0.575. The average molecular weight is 373 g/mol. The van der Waals surface area contributed by atoms with E-state index in [-0.39, 0.29) is 17.8 Å². The number of nitrogens with one attached hydrogen (secondary N) is 1. The van der Waals surface area contributed by atoms with E-state index in [0.717, 1.165) is 24.3 Å². The van der Waals surface area contributed by atoms with Gasteiger partial charge in [-0.3, -0.25) is 9.59 Å². The van der Waals surface area contributed by atoms with E-state index >= 15 is 0 Å². The van der Waals surface area contributed by atoms with E-state index in [1.807, 2.05) is 17.7 Å². The normalized spacial score (nSPS) is 19.5. The molecule has 1 saturated heterocycles. The lowest BCUT2D eigenvalue weighted by atomic mass is 10.0. The van der Waals surface area contributed by atoms with Gasteiger partial charge >= 0.3 is 6.03 Å². The van der Waals surface area contributed by atoms with Crippen LogP contribution in [0.15, 0.2) is 30.5 Å². The fraction of sp³-hybridized carbons (Fsp3) is 0.500. The van der Waals surface area contributed by atoms with Crippen LogP contribution in [-0.4, -0.2) is 74.8 Å². The van der Waals surface area contributed by atoms with E-state index in [0.29, 0.717) is 24.6 Å². The summed E-state index contributed by atoms with van der Waals surface area (Å²) < 4.78 is 3.74. The SMILES string of the molecule is CCC[N+]1=C2C(C=C1C(=O)NCCCn1ccnc1)C(=O)N(C)C(=O)N2C. The van der Waals surface area contributed by atoms with Crippen LogP contribution in [0.25, 0.3) is 0 Å². The molecule has 1 N–H and O–H groups in total. The minimum atomic E-state index is -0.601. The molecule has 3 heterocycles. The van der Waals surface area contributed by atoms with Crippen LogP contribution >= 0.6 is 0 Å². The number of rotatable bonds is 7. The molecule has 3 rings (SSSR count). The van der Waals surface area contributed by atoms with E-state index in [4.69, 9.17) is 0 Å². The minimum Gasteiger partial charge on any atom is -0.349 e. The number of urea groups is 1. The number of amidine groups is 1. The van der Waals surface area contributed by atoms with Crippen molar-refractivity contribution in [1.82, 2.24) is 24.7 Å². The van der Waals surface area contributed by atoms with Gasteiger partial charge in [0.2, 0.25) is 0 Å². The molecule has 9 heteroatoms. The lowest BCUT2D eigenvalue weighted by molar-refractivity contribution is -0.473. The highest BCUT2D eigenvalue weighted by Gasteiger charge is 2.51. The summed E-state index contributed by atoms with van der Waals surface area (Å²) in [6.45, 7) is 3.83. The Labute approximate surface area is 158 Å². The number of aromatic nitrogens is 2.